The first-order valence-corrected chi connectivity index (χ1v) is 7.68. The molecule has 1 heterocycles. The standard InChI is InChI=1S/C14H24N2O3S/c1-5-6-12-13(9-17)20-14(15-12)16(7-8-18-3)11(2)10-19-4/h9,11H,5-8,10H2,1-4H3. The Labute approximate surface area is 124 Å². The number of aldehydes is 1. The van der Waals surface area contributed by atoms with E-state index in [1.165, 1.54) is 11.3 Å². The minimum atomic E-state index is 0.190. The number of carbonyl (C=O) groups is 1. The second-order valence-electron chi connectivity index (χ2n) is 4.67. The smallest absolute Gasteiger partial charge is 0.186 e. The molecule has 20 heavy (non-hydrogen) atoms. The van der Waals surface area contributed by atoms with Gasteiger partial charge in [0, 0.05) is 20.8 Å². The maximum Gasteiger partial charge on any atom is 0.186 e. The van der Waals surface area contributed by atoms with Gasteiger partial charge in [-0.15, -0.1) is 0 Å². The Morgan fingerprint density at radius 3 is 2.70 bits per heavy atom. The monoisotopic (exact) mass is 300 g/mol. The summed E-state index contributed by atoms with van der Waals surface area (Å²) in [6.07, 6.45) is 2.72. The lowest BCUT2D eigenvalue weighted by molar-refractivity contribution is 0.112. The quantitative estimate of drug-likeness (QED) is 0.621. The van der Waals surface area contributed by atoms with Crippen molar-refractivity contribution in [2.24, 2.45) is 0 Å². The Kier molecular flexibility index (Phi) is 7.72. The molecule has 0 saturated carbocycles. The van der Waals surface area contributed by atoms with Gasteiger partial charge < -0.3 is 14.4 Å². The number of methoxy groups -OCH3 is 2. The molecule has 0 aliphatic heterocycles. The summed E-state index contributed by atoms with van der Waals surface area (Å²) in [6.45, 7) is 6.14. The molecule has 1 rings (SSSR count). The molecule has 0 spiro atoms. The van der Waals surface area contributed by atoms with Crippen LogP contribution in [-0.4, -0.2) is 51.3 Å². The van der Waals surface area contributed by atoms with Gasteiger partial charge in [-0.2, -0.15) is 0 Å². The lowest BCUT2D eigenvalue weighted by atomic mass is 10.2. The Balaban J connectivity index is 2.96. The van der Waals surface area contributed by atoms with Gasteiger partial charge in [-0.25, -0.2) is 4.98 Å². The highest BCUT2D eigenvalue weighted by Gasteiger charge is 2.20. The number of hydrogen-bond acceptors (Lipinski definition) is 6. The number of carbonyl (C=O) groups excluding carboxylic acids is 1. The van der Waals surface area contributed by atoms with E-state index in [0.717, 1.165) is 41.4 Å². The Morgan fingerprint density at radius 1 is 1.40 bits per heavy atom. The second kappa shape index (κ2) is 9.05. The molecule has 0 bridgehead atoms. The van der Waals surface area contributed by atoms with E-state index < -0.39 is 0 Å². The van der Waals surface area contributed by atoms with E-state index in [1.54, 1.807) is 14.2 Å². The molecule has 1 aromatic rings. The lowest BCUT2D eigenvalue weighted by Gasteiger charge is -2.28. The van der Waals surface area contributed by atoms with Crippen molar-refractivity contribution in [3.05, 3.63) is 10.6 Å². The van der Waals surface area contributed by atoms with E-state index in [4.69, 9.17) is 9.47 Å². The highest BCUT2D eigenvalue weighted by Crippen LogP contribution is 2.27. The predicted octanol–water partition coefficient (Wildman–Crippen LogP) is 2.40. The van der Waals surface area contributed by atoms with Crippen molar-refractivity contribution < 1.29 is 14.3 Å². The number of thiazole rings is 1. The zero-order valence-corrected chi connectivity index (χ0v) is 13.5. The fourth-order valence-corrected chi connectivity index (χ4v) is 3.06. The molecular formula is C14H24N2O3S. The normalized spacial score (nSPS) is 12.4. The first-order chi connectivity index (χ1) is 9.67. The van der Waals surface area contributed by atoms with Crippen LogP contribution in [0.1, 0.15) is 35.6 Å². The zero-order valence-electron chi connectivity index (χ0n) is 12.7. The van der Waals surface area contributed by atoms with Crippen LogP contribution in [-0.2, 0) is 15.9 Å². The Morgan fingerprint density at radius 2 is 2.15 bits per heavy atom. The molecule has 1 aromatic heterocycles. The van der Waals surface area contributed by atoms with Gasteiger partial charge in [-0.3, -0.25) is 4.79 Å². The molecule has 114 valence electrons. The maximum atomic E-state index is 11.2. The van der Waals surface area contributed by atoms with Crippen molar-refractivity contribution in [3.8, 4) is 0 Å². The zero-order chi connectivity index (χ0) is 15.0. The van der Waals surface area contributed by atoms with Gasteiger partial charge in [0.05, 0.1) is 29.8 Å². The van der Waals surface area contributed by atoms with Crippen molar-refractivity contribution in [1.29, 1.82) is 0 Å². The molecule has 0 aliphatic rings. The lowest BCUT2D eigenvalue weighted by Crippen LogP contribution is -2.38. The summed E-state index contributed by atoms with van der Waals surface area (Å²) in [4.78, 5) is 18.7. The number of nitrogens with zero attached hydrogens (tertiary/aromatic N) is 2. The van der Waals surface area contributed by atoms with Crippen LogP contribution in [0.25, 0.3) is 0 Å². The van der Waals surface area contributed by atoms with Gasteiger partial charge >= 0.3 is 0 Å². The Hall–Kier alpha value is -0.980. The van der Waals surface area contributed by atoms with E-state index >= 15 is 0 Å². The van der Waals surface area contributed by atoms with Crippen LogP contribution in [0.2, 0.25) is 0 Å². The number of aryl methyl sites for hydroxylation is 1. The van der Waals surface area contributed by atoms with Crippen molar-refractivity contribution in [2.45, 2.75) is 32.7 Å². The SMILES string of the molecule is CCCc1nc(N(CCOC)C(C)COC)sc1C=O. The van der Waals surface area contributed by atoms with Crippen LogP contribution >= 0.6 is 11.3 Å². The molecule has 0 radical (unpaired) electrons. The third-order valence-corrected chi connectivity index (χ3v) is 4.09. The molecule has 0 aliphatic carbocycles. The molecule has 0 N–H and O–H groups in total. The number of rotatable bonds is 10. The number of aromatic nitrogens is 1. The number of ether oxygens (including phenoxy) is 2. The first kappa shape index (κ1) is 17.1. The van der Waals surface area contributed by atoms with Gasteiger partial charge in [-0.05, 0) is 13.3 Å². The van der Waals surface area contributed by atoms with Gasteiger partial charge in [-0.1, -0.05) is 24.7 Å². The average Bonchev–Trinajstić information content (AvgIpc) is 2.83. The highest BCUT2D eigenvalue weighted by molar-refractivity contribution is 7.17. The number of anilines is 1. The fraction of sp³-hybridized carbons (Fsp3) is 0.714. The van der Waals surface area contributed by atoms with Gasteiger partial charge in [0.2, 0.25) is 0 Å². The van der Waals surface area contributed by atoms with Crippen molar-refractivity contribution in [1.82, 2.24) is 4.98 Å². The molecule has 0 fully saturated rings. The molecule has 0 saturated heterocycles. The topological polar surface area (TPSA) is 51.7 Å². The minimum absolute atomic E-state index is 0.190. The largest absolute Gasteiger partial charge is 0.383 e. The van der Waals surface area contributed by atoms with Crippen LogP contribution in [0.3, 0.4) is 0 Å². The average molecular weight is 300 g/mol. The molecule has 5 nitrogen and oxygen atoms in total. The summed E-state index contributed by atoms with van der Waals surface area (Å²) in [5.41, 5.74) is 0.898. The van der Waals surface area contributed by atoms with Crippen LogP contribution in [0, 0.1) is 0 Å². The fourth-order valence-electron chi connectivity index (χ4n) is 2.01. The maximum absolute atomic E-state index is 11.2. The van der Waals surface area contributed by atoms with E-state index in [1.807, 2.05) is 0 Å². The third-order valence-electron chi connectivity index (χ3n) is 3.03. The van der Waals surface area contributed by atoms with E-state index in [2.05, 4.69) is 23.7 Å². The van der Waals surface area contributed by atoms with E-state index in [-0.39, 0.29) is 6.04 Å². The van der Waals surface area contributed by atoms with Crippen LogP contribution in [0.15, 0.2) is 0 Å². The first-order valence-electron chi connectivity index (χ1n) is 6.87. The van der Waals surface area contributed by atoms with Crippen molar-refractivity contribution in [3.63, 3.8) is 0 Å². The van der Waals surface area contributed by atoms with E-state index in [0.29, 0.717) is 13.2 Å². The van der Waals surface area contributed by atoms with Crippen molar-refractivity contribution in [2.75, 3.05) is 38.9 Å². The molecular weight excluding hydrogens is 276 g/mol. The van der Waals surface area contributed by atoms with Crippen molar-refractivity contribution >= 4 is 22.8 Å². The third kappa shape index (κ3) is 4.54. The van der Waals surface area contributed by atoms with Gasteiger partial charge in [0.15, 0.2) is 11.4 Å². The van der Waals surface area contributed by atoms with Crippen LogP contribution < -0.4 is 4.90 Å². The van der Waals surface area contributed by atoms with Gasteiger partial charge in [0.1, 0.15) is 0 Å². The second-order valence-corrected chi connectivity index (χ2v) is 5.67. The molecule has 1 unspecified atom stereocenters. The summed E-state index contributed by atoms with van der Waals surface area (Å²) < 4.78 is 10.4. The van der Waals surface area contributed by atoms with Crippen LogP contribution in [0.4, 0.5) is 5.13 Å². The molecule has 0 aromatic carbocycles. The highest BCUT2D eigenvalue weighted by atomic mass is 32.1. The summed E-state index contributed by atoms with van der Waals surface area (Å²) in [5, 5.41) is 0.872. The summed E-state index contributed by atoms with van der Waals surface area (Å²) in [7, 11) is 3.37. The van der Waals surface area contributed by atoms with Crippen LogP contribution in [0.5, 0.6) is 0 Å². The van der Waals surface area contributed by atoms with Gasteiger partial charge in [0.25, 0.3) is 0 Å². The summed E-state index contributed by atoms with van der Waals surface area (Å²) >= 11 is 1.45. The molecule has 1 atom stereocenters. The molecule has 6 heteroatoms. The summed E-state index contributed by atoms with van der Waals surface area (Å²) in [6, 6.07) is 0.190. The Bertz CT molecular complexity index is 409. The van der Waals surface area contributed by atoms with E-state index in [9.17, 15) is 4.79 Å². The number of hydrogen-bond donors (Lipinski definition) is 0. The summed E-state index contributed by atoms with van der Waals surface area (Å²) in [5.74, 6) is 0. The molecule has 0 amide bonds. The predicted molar refractivity (Wildman–Crippen MR) is 82.1 cm³/mol. The minimum Gasteiger partial charge on any atom is -0.383 e.